The van der Waals surface area contributed by atoms with Gasteiger partial charge in [-0.2, -0.15) is 10.1 Å². The average molecular weight is 421 g/mol. The van der Waals surface area contributed by atoms with Gasteiger partial charge in [-0.1, -0.05) is 24.3 Å². The third-order valence-corrected chi connectivity index (χ3v) is 6.96. The number of carbonyl (C=O) groups is 1. The second-order valence-electron chi connectivity index (χ2n) is 7.05. The van der Waals surface area contributed by atoms with Crippen molar-refractivity contribution in [1.82, 2.24) is 14.7 Å². The molecule has 0 spiro atoms. The second kappa shape index (κ2) is 8.00. The van der Waals surface area contributed by atoms with Crippen LogP contribution in [-0.2, 0) is 4.79 Å². The number of amides is 1. The van der Waals surface area contributed by atoms with Gasteiger partial charge in [0.1, 0.15) is 5.69 Å². The quantitative estimate of drug-likeness (QED) is 0.556. The number of rotatable bonds is 3. The molecule has 1 saturated heterocycles. The highest BCUT2D eigenvalue weighted by Gasteiger charge is 2.27. The Bertz CT molecular complexity index is 1080. The molecule has 1 fully saturated rings. The van der Waals surface area contributed by atoms with Crippen LogP contribution < -0.4 is 0 Å². The van der Waals surface area contributed by atoms with E-state index in [0.717, 1.165) is 40.1 Å². The molecule has 2 aromatic heterocycles. The molecule has 0 unspecified atom stereocenters. The van der Waals surface area contributed by atoms with E-state index in [2.05, 4.69) is 16.0 Å². The van der Waals surface area contributed by atoms with Crippen molar-refractivity contribution in [2.75, 3.05) is 13.1 Å². The lowest BCUT2D eigenvalue weighted by molar-refractivity contribution is -0.113. The van der Waals surface area contributed by atoms with Gasteiger partial charge in [-0.05, 0) is 60.7 Å². The lowest BCUT2D eigenvalue weighted by Gasteiger charge is -2.27. The number of amidine groups is 1. The van der Waals surface area contributed by atoms with E-state index in [1.165, 1.54) is 31.0 Å². The van der Waals surface area contributed by atoms with Crippen molar-refractivity contribution in [3.05, 3.63) is 64.5 Å². The Morgan fingerprint density at radius 3 is 2.59 bits per heavy atom. The molecule has 3 aromatic rings. The van der Waals surface area contributed by atoms with Crippen LogP contribution in [0, 0.1) is 0 Å². The minimum absolute atomic E-state index is 0.153. The summed E-state index contributed by atoms with van der Waals surface area (Å²) < 4.78 is 1.87. The molecule has 5 rings (SSSR count). The zero-order valence-corrected chi connectivity index (χ0v) is 17.5. The number of para-hydroxylation sites is 1. The van der Waals surface area contributed by atoms with Crippen LogP contribution in [0.3, 0.4) is 0 Å². The van der Waals surface area contributed by atoms with Gasteiger partial charge in [0, 0.05) is 24.8 Å². The number of thioether (sulfide) groups is 1. The molecule has 0 bridgehead atoms. The molecule has 2 aliphatic heterocycles. The SMILES string of the molecule is O=C1N=C(N2CCCCC2)S/C1=C/c1cn(-c2ccccc2)nc1-c1cccs1. The largest absolute Gasteiger partial charge is 0.351 e. The van der Waals surface area contributed by atoms with Gasteiger partial charge in [0.25, 0.3) is 5.91 Å². The van der Waals surface area contributed by atoms with Gasteiger partial charge in [0.15, 0.2) is 5.17 Å². The predicted octanol–water partition coefficient (Wildman–Crippen LogP) is 5.06. The maximum absolute atomic E-state index is 12.6. The van der Waals surface area contributed by atoms with Crippen LogP contribution in [0.1, 0.15) is 24.8 Å². The third kappa shape index (κ3) is 3.80. The van der Waals surface area contributed by atoms with E-state index in [1.54, 1.807) is 11.3 Å². The molecular formula is C22H20N4OS2. The molecule has 1 amide bonds. The van der Waals surface area contributed by atoms with Crippen LogP contribution >= 0.6 is 23.1 Å². The Labute approximate surface area is 177 Å². The molecule has 0 saturated carbocycles. The number of likely N-dealkylation sites (tertiary alicyclic amines) is 1. The number of thiophene rings is 1. The Hall–Kier alpha value is -2.64. The Kier molecular flexibility index (Phi) is 5.08. The second-order valence-corrected chi connectivity index (χ2v) is 9.01. The van der Waals surface area contributed by atoms with Gasteiger partial charge < -0.3 is 4.90 Å². The van der Waals surface area contributed by atoms with Crippen molar-refractivity contribution in [3.8, 4) is 16.3 Å². The van der Waals surface area contributed by atoms with E-state index in [4.69, 9.17) is 5.10 Å². The first-order valence-electron chi connectivity index (χ1n) is 9.74. The standard InChI is InChI=1S/C22H20N4OS2/c27-21-19(29-22(23-21)25-11-5-2-6-12-25)14-16-15-26(17-8-3-1-4-9-17)24-20(16)18-10-7-13-28-18/h1,3-4,7-10,13-15H,2,5-6,11-12H2/b19-14+. The van der Waals surface area contributed by atoms with Crippen molar-refractivity contribution in [2.45, 2.75) is 19.3 Å². The Balaban J connectivity index is 1.49. The number of benzene rings is 1. The van der Waals surface area contributed by atoms with Crippen molar-refractivity contribution in [2.24, 2.45) is 4.99 Å². The minimum atomic E-state index is -0.153. The number of hydrogen-bond donors (Lipinski definition) is 0. The molecule has 146 valence electrons. The van der Waals surface area contributed by atoms with Crippen LogP contribution in [0.15, 0.2) is 63.9 Å². The van der Waals surface area contributed by atoms with E-state index in [9.17, 15) is 4.79 Å². The van der Waals surface area contributed by atoms with Gasteiger partial charge >= 0.3 is 0 Å². The van der Waals surface area contributed by atoms with Crippen LogP contribution in [0.5, 0.6) is 0 Å². The third-order valence-electron chi connectivity index (χ3n) is 5.04. The van der Waals surface area contributed by atoms with Crippen molar-refractivity contribution in [3.63, 3.8) is 0 Å². The van der Waals surface area contributed by atoms with Crippen LogP contribution in [0.2, 0.25) is 0 Å². The monoisotopic (exact) mass is 420 g/mol. The van der Waals surface area contributed by atoms with E-state index in [1.807, 2.05) is 58.7 Å². The Morgan fingerprint density at radius 2 is 1.83 bits per heavy atom. The van der Waals surface area contributed by atoms with E-state index < -0.39 is 0 Å². The maximum atomic E-state index is 12.6. The molecule has 0 atom stereocenters. The fraction of sp³-hybridized carbons (Fsp3) is 0.227. The Morgan fingerprint density at radius 1 is 1.00 bits per heavy atom. The van der Waals surface area contributed by atoms with E-state index >= 15 is 0 Å². The van der Waals surface area contributed by atoms with Crippen molar-refractivity contribution in [1.29, 1.82) is 0 Å². The van der Waals surface area contributed by atoms with Crippen molar-refractivity contribution < 1.29 is 4.79 Å². The van der Waals surface area contributed by atoms with E-state index in [-0.39, 0.29) is 5.91 Å². The van der Waals surface area contributed by atoms with Crippen LogP contribution in [0.25, 0.3) is 22.3 Å². The number of nitrogens with zero attached hydrogens (tertiary/aromatic N) is 4. The first kappa shape index (κ1) is 18.4. The highest BCUT2D eigenvalue weighted by molar-refractivity contribution is 8.18. The molecule has 0 N–H and O–H groups in total. The number of aliphatic imine (C=N–C) groups is 1. The van der Waals surface area contributed by atoms with Crippen LogP contribution in [0.4, 0.5) is 0 Å². The summed E-state index contributed by atoms with van der Waals surface area (Å²) in [5.74, 6) is -0.153. The number of aromatic nitrogens is 2. The summed E-state index contributed by atoms with van der Waals surface area (Å²) >= 11 is 3.13. The van der Waals surface area contributed by atoms with Gasteiger partial charge in [0.05, 0.1) is 15.5 Å². The predicted molar refractivity (Wildman–Crippen MR) is 120 cm³/mol. The van der Waals surface area contributed by atoms with Gasteiger partial charge in [-0.25, -0.2) is 4.68 Å². The highest BCUT2D eigenvalue weighted by Crippen LogP contribution is 2.35. The number of carbonyl (C=O) groups excluding carboxylic acids is 1. The molecular weight excluding hydrogens is 400 g/mol. The first-order valence-corrected chi connectivity index (χ1v) is 11.4. The molecule has 7 heteroatoms. The summed E-state index contributed by atoms with van der Waals surface area (Å²) in [7, 11) is 0. The topological polar surface area (TPSA) is 50.5 Å². The fourth-order valence-corrected chi connectivity index (χ4v) is 5.26. The summed E-state index contributed by atoms with van der Waals surface area (Å²) in [6, 6.07) is 14.1. The highest BCUT2D eigenvalue weighted by atomic mass is 32.2. The molecule has 1 aromatic carbocycles. The molecule has 0 aliphatic carbocycles. The maximum Gasteiger partial charge on any atom is 0.286 e. The lowest BCUT2D eigenvalue weighted by Crippen LogP contribution is -2.33. The average Bonchev–Trinajstić information content (AvgIpc) is 3.50. The van der Waals surface area contributed by atoms with Gasteiger partial charge in [0.2, 0.25) is 0 Å². The zero-order valence-electron chi connectivity index (χ0n) is 15.8. The van der Waals surface area contributed by atoms with Gasteiger partial charge in [-0.3, -0.25) is 4.79 Å². The molecule has 4 heterocycles. The molecule has 0 radical (unpaired) electrons. The summed E-state index contributed by atoms with van der Waals surface area (Å²) in [5, 5.41) is 7.70. The summed E-state index contributed by atoms with van der Waals surface area (Å²) in [6.45, 7) is 1.97. The fourth-order valence-electron chi connectivity index (χ4n) is 3.57. The smallest absolute Gasteiger partial charge is 0.286 e. The number of hydrogen-bond acceptors (Lipinski definition) is 5. The van der Waals surface area contributed by atoms with E-state index in [0.29, 0.717) is 4.91 Å². The summed E-state index contributed by atoms with van der Waals surface area (Å²) in [4.78, 5) is 20.9. The summed E-state index contributed by atoms with van der Waals surface area (Å²) in [6.07, 6.45) is 7.52. The normalized spacial score (nSPS) is 18.5. The zero-order chi connectivity index (χ0) is 19.6. The van der Waals surface area contributed by atoms with Crippen molar-refractivity contribution >= 4 is 40.2 Å². The molecule has 29 heavy (non-hydrogen) atoms. The van der Waals surface area contributed by atoms with Crippen LogP contribution in [-0.4, -0.2) is 38.8 Å². The molecule has 5 nitrogen and oxygen atoms in total. The minimum Gasteiger partial charge on any atom is -0.351 e. The lowest BCUT2D eigenvalue weighted by atomic mass is 10.1. The number of piperidine rings is 1. The summed E-state index contributed by atoms with van der Waals surface area (Å²) in [5.41, 5.74) is 2.81. The van der Waals surface area contributed by atoms with Gasteiger partial charge in [-0.15, -0.1) is 11.3 Å². The molecule has 2 aliphatic rings. The first-order chi connectivity index (χ1) is 14.3.